The first-order valence-corrected chi connectivity index (χ1v) is 17.7. The van der Waals surface area contributed by atoms with Gasteiger partial charge < -0.3 is 43.2 Å². The highest BCUT2D eigenvalue weighted by Gasteiger charge is 2.40. The lowest BCUT2D eigenvalue weighted by Gasteiger charge is -2.38. The lowest BCUT2D eigenvalue weighted by molar-refractivity contribution is -0.148. The van der Waals surface area contributed by atoms with Crippen LogP contribution in [0, 0.1) is 5.92 Å². The van der Waals surface area contributed by atoms with Gasteiger partial charge in [-0.15, -0.1) is 0 Å². The fraction of sp³-hybridized carbons (Fsp3) is 0.541. The summed E-state index contributed by atoms with van der Waals surface area (Å²) in [5, 5.41) is 18.1. The summed E-state index contributed by atoms with van der Waals surface area (Å²) in [4.78, 5) is 68.0. The number of carboxylic acid groups (broad SMARTS) is 1. The van der Waals surface area contributed by atoms with Crippen LogP contribution in [0.2, 0.25) is 0 Å². The molecule has 50 heavy (non-hydrogen) atoms. The Morgan fingerprint density at radius 2 is 1.30 bits per heavy atom. The fourth-order valence-corrected chi connectivity index (χ4v) is 6.23. The maximum absolute atomic E-state index is 13.9. The first kappa shape index (κ1) is 38.5. The van der Waals surface area contributed by atoms with E-state index < -0.39 is 53.4 Å². The van der Waals surface area contributed by atoms with E-state index in [0.29, 0.717) is 38.1 Å². The molecular weight excluding hydrogens is 638 g/mol. The maximum Gasteiger partial charge on any atom is 0.323 e. The van der Waals surface area contributed by atoms with Crippen LogP contribution >= 0.6 is 0 Å². The van der Waals surface area contributed by atoms with Crippen molar-refractivity contribution in [2.24, 2.45) is 23.1 Å². The minimum Gasteiger partial charge on any atom is -0.480 e. The van der Waals surface area contributed by atoms with E-state index in [1.54, 1.807) is 4.90 Å². The molecule has 2 aromatic rings. The van der Waals surface area contributed by atoms with E-state index >= 15 is 0 Å². The summed E-state index contributed by atoms with van der Waals surface area (Å²) in [6, 6.07) is 14.9. The predicted octanol–water partition coefficient (Wildman–Crippen LogP) is 0.977. The highest BCUT2D eigenvalue weighted by molar-refractivity contribution is 5.95. The minimum atomic E-state index is -1.40. The number of carbonyl (C=O) groups excluding carboxylic acids is 4. The zero-order valence-corrected chi connectivity index (χ0v) is 28.7. The first-order chi connectivity index (χ1) is 24.0. The van der Waals surface area contributed by atoms with Gasteiger partial charge >= 0.3 is 5.97 Å². The number of nitrogens with two attached hydrogens (primary N) is 3. The molecule has 0 bridgehead atoms. The smallest absolute Gasteiger partial charge is 0.323 e. The van der Waals surface area contributed by atoms with Crippen LogP contribution in [0.3, 0.4) is 0 Å². The predicted molar refractivity (Wildman–Crippen MR) is 189 cm³/mol. The number of likely N-dealkylation sites (tertiary alicyclic amines) is 1. The molecule has 1 saturated carbocycles. The highest BCUT2D eigenvalue weighted by Crippen LogP contribution is 2.34. The second kappa shape index (κ2) is 18.6. The lowest BCUT2D eigenvalue weighted by atomic mass is 9.88. The Labute approximate surface area is 294 Å². The van der Waals surface area contributed by atoms with E-state index in [1.807, 2.05) is 60.7 Å². The zero-order valence-electron chi connectivity index (χ0n) is 28.7. The molecule has 0 spiro atoms. The molecule has 2 aliphatic rings. The van der Waals surface area contributed by atoms with Crippen LogP contribution in [-0.2, 0) is 36.8 Å². The Balaban J connectivity index is 1.48. The second-order valence-electron chi connectivity index (χ2n) is 13.8. The van der Waals surface area contributed by atoms with Gasteiger partial charge in [0.05, 0.1) is 6.04 Å². The number of amides is 4. The number of nitrogens with one attached hydrogen (secondary N) is 3. The van der Waals surface area contributed by atoms with Gasteiger partial charge in [-0.25, -0.2) is 0 Å². The SMILES string of the molecule is NCCCC[C@@H](NC(=O)C(CCC1CC1)NC(=O)[C@@H](Cc1ccccc1)NC(=O)[C@H](N)Cc1ccccc1)C(=O)N1CCC(N)(C(=O)O)CC1. The second-order valence-corrected chi connectivity index (χ2v) is 13.8. The Morgan fingerprint density at radius 3 is 1.86 bits per heavy atom. The molecule has 1 saturated heterocycles. The molecule has 13 heteroatoms. The average Bonchev–Trinajstić information content (AvgIpc) is 3.95. The Kier molecular flexibility index (Phi) is 14.3. The van der Waals surface area contributed by atoms with Gasteiger partial charge in [0.1, 0.15) is 23.7 Å². The molecule has 10 N–H and O–H groups in total. The number of unbranched alkanes of at least 4 members (excludes halogenated alkanes) is 1. The molecule has 272 valence electrons. The summed E-state index contributed by atoms with van der Waals surface area (Å²) in [7, 11) is 0. The number of carboxylic acids is 1. The van der Waals surface area contributed by atoms with E-state index in [-0.39, 0.29) is 44.7 Å². The van der Waals surface area contributed by atoms with Gasteiger partial charge in [0.15, 0.2) is 0 Å². The summed E-state index contributed by atoms with van der Waals surface area (Å²) in [6.45, 7) is 0.733. The van der Waals surface area contributed by atoms with E-state index in [2.05, 4.69) is 16.0 Å². The van der Waals surface area contributed by atoms with Crippen molar-refractivity contribution in [2.45, 2.75) is 100 Å². The summed E-state index contributed by atoms with van der Waals surface area (Å²) in [5.41, 5.74) is 18.3. The van der Waals surface area contributed by atoms with Gasteiger partial charge in [-0.3, -0.25) is 24.0 Å². The van der Waals surface area contributed by atoms with Gasteiger partial charge in [0.2, 0.25) is 23.6 Å². The van der Waals surface area contributed by atoms with Gasteiger partial charge in [0.25, 0.3) is 0 Å². The summed E-state index contributed by atoms with van der Waals surface area (Å²) < 4.78 is 0. The van der Waals surface area contributed by atoms with Crippen molar-refractivity contribution in [2.75, 3.05) is 19.6 Å². The Bertz CT molecular complexity index is 1430. The van der Waals surface area contributed by atoms with Crippen molar-refractivity contribution in [3.8, 4) is 0 Å². The van der Waals surface area contributed by atoms with Crippen LogP contribution in [0.5, 0.6) is 0 Å². The van der Waals surface area contributed by atoms with E-state index in [4.69, 9.17) is 17.2 Å². The van der Waals surface area contributed by atoms with Crippen molar-refractivity contribution in [3.63, 3.8) is 0 Å². The molecule has 2 fully saturated rings. The van der Waals surface area contributed by atoms with Crippen molar-refractivity contribution < 1.29 is 29.1 Å². The van der Waals surface area contributed by atoms with E-state index in [0.717, 1.165) is 30.4 Å². The fourth-order valence-electron chi connectivity index (χ4n) is 6.23. The first-order valence-electron chi connectivity index (χ1n) is 17.7. The third kappa shape index (κ3) is 11.6. The number of piperidine rings is 1. The van der Waals surface area contributed by atoms with E-state index in [9.17, 15) is 29.1 Å². The molecule has 2 aromatic carbocycles. The van der Waals surface area contributed by atoms with Gasteiger partial charge in [0, 0.05) is 19.5 Å². The van der Waals surface area contributed by atoms with Crippen molar-refractivity contribution >= 4 is 29.6 Å². The molecule has 0 aromatic heterocycles. The number of hydrogen-bond donors (Lipinski definition) is 7. The number of aliphatic carboxylic acids is 1. The van der Waals surface area contributed by atoms with Gasteiger partial charge in [-0.05, 0) is 75.0 Å². The van der Waals surface area contributed by atoms with Gasteiger partial charge in [-0.1, -0.05) is 73.5 Å². The normalized spacial score (nSPS) is 17.9. The minimum absolute atomic E-state index is 0.0984. The molecular formula is C37H53N7O6. The lowest BCUT2D eigenvalue weighted by Crippen LogP contribution is -2.60. The molecule has 13 nitrogen and oxygen atoms in total. The molecule has 1 aliphatic carbocycles. The van der Waals surface area contributed by atoms with Crippen molar-refractivity contribution in [3.05, 3.63) is 71.8 Å². The third-order valence-corrected chi connectivity index (χ3v) is 9.70. The van der Waals surface area contributed by atoms with Crippen molar-refractivity contribution in [1.82, 2.24) is 20.9 Å². The number of carbonyl (C=O) groups is 5. The summed E-state index contributed by atoms with van der Waals surface area (Å²) >= 11 is 0. The number of benzene rings is 2. The molecule has 4 amide bonds. The third-order valence-electron chi connectivity index (χ3n) is 9.70. The largest absolute Gasteiger partial charge is 0.480 e. The van der Waals surface area contributed by atoms with Crippen LogP contribution < -0.4 is 33.2 Å². The van der Waals surface area contributed by atoms with Crippen LogP contribution in [0.4, 0.5) is 0 Å². The van der Waals surface area contributed by atoms with Crippen LogP contribution in [0.15, 0.2) is 60.7 Å². The molecule has 1 aliphatic heterocycles. The van der Waals surface area contributed by atoms with Crippen LogP contribution in [0.25, 0.3) is 0 Å². The number of rotatable bonds is 19. The standard InChI is InChI=1S/C37H53N7O6/c38-20-8-7-13-30(35(48)44-21-18-37(40,19-22-44)36(49)50)42-33(46)29(17-16-25-14-15-25)41-34(47)31(24-27-11-5-2-6-12-27)43-32(45)28(39)23-26-9-3-1-4-10-26/h1-6,9-12,25,28-31H,7-8,13-24,38-40H2,(H,41,47)(H,42,46)(H,43,45)(H,49,50)/t28-,29?,30-,31-/m1/s1. The summed E-state index contributed by atoms with van der Waals surface area (Å²) in [5.74, 6) is -2.46. The Hall–Kier alpha value is -4.33. The molecule has 1 unspecified atom stereocenters. The van der Waals surface area contributed by atoms with E-state index in [1.165, 1.54) is 0 Å². The maximum atomic E-state index is 13.9. The quantitative estimate of drug-likeness (QED) is 0.104. The average molecular weight is 692 g/mol. The van der Waals surface area contributed by atoms with Crippen LogP contribution in [-0.4, -0.2) is 88.9 Å². The number of hydrogen-bond acceptors (Lipinski definition) is 8. The zero-order chi connectivity index (χ0) is 36.1. The topological polar surface area (TPSA) is 223 Å². The van der Waals surface area contributed by atoms with Gasteiger partial charge in [-0.2, -0.15) is 0 Å². The molecule has 4 atom stereocenters. The number of nitrogens with zero attached hydrogens (tertiary/aromatic N) is 1. The highest BCUT2D eigenvalue weighted by atomic mass is 16.4. The molecule has 1 heterocycles. The van der Waals surface area contributed by atoms with Crippen molar-refractivity contribution in [1.29, 1.82) is 0 Å². The van der Waals surface area contributed by atoms with Crippen LogP contribution in [0.1, 0.15) is 68.9 Å². The molecule has 0 radical (unpaired) electrons. The monoisotopic (exact) mass is 691 g/mol. The molecule has 4 rings (SSSR count). The Morgan fingerprint density at radius 1 is 0.760 bits per heavy atom. The summed E-state index contributed by atoms with van der Waals surface area (Å²) in [6.07, 6.45) is 5.45.